The van der Waals surface area contributed by atoms with Crippen LogP contribution in [0.25, 0.3) is 0 Å². The summed E-state index contributed by atoms with van der Waals surface area (Å²) < 4.78 is 2.95. The second kappa shape index (κ2) is 3.88. The summed E-state index contributed by atoms with van der Waals surface area (Å²) in [5.74, 6) is 0. The van der Waals surface area contributed by atoms with Crippen molar-refractivity contribution in [3.05, 3.63) is 16.6 Å². The molecule has 62 valence electrons. The third-order valence-corrected chi connectivity index (χ3v) is 2.29. The Kier molecular flexibility index (Phi) is 3.08. The van der Waals surface area contributed by atoms with Crippen molar-refractivity contribution in [1.29, 1.82) is 0 Å². The van der Waals surface area contributed by atoms with Crippen LogP contribution in [0.2, 0.25) is 0 Å². The maximum absolute atomic E-state index is 5.40. The third-order valence-electron chi connectivity index (χ3n) is 1.63. The fourth-order valence-electron chi connectivity index (χ4n) is 0.976. The lowest BCUT2D eigenvalue weighted by molar-refractivity contribution is 0.751. The zero-order valence-corrected chi connectivity index (χ0v) is 8.13. The summed E-state index contributed by atoms with van der Waals surface area (Å²) in [6, 6.07) is 0. The first kappa shape index (κ1) is 8.74. The largest absolute Gasteiger partial charge is 0.337 e. The molecule has 0 aromatic carbocycles. The Balaban J connectivity index is 2.67. The Bertz CT molecular complexity index is 212. The van der Waals surface area contributed by atoms with Gasteiger partial charge in [-0.2, -0.15) is 0 Å². The lowest BCUT2D eigenvalue weighted by atomic mass is 10.2. The molecule has 1 rings (SSSR count). The van der Waals surface area contributed by atoms with E-state index in [0.29, 0.717) is 0 Å². The predicted molar refractivity (Wildman–Crippen MR) is 48.3 cm³/mol. The molecule has 1 aromatic rings. The SMILES string of the molecule is Cn1cnc(Br)c1CCCN. The summed E-state index contributed by atoms with van der Waals surface area (Å²) in [4.78, 5) is 4.11. The highest BCUT2D eigenvalue weighted by Gasteiger charge is 2.03. The van der Waals surface area contributed by atoms with Crippen molar-refractivity contribution >= 4 is 15.9 Å². The Hall–Kier alpha value is -0.350. The molecule has 0 aliphatic carbocycles. The molecule has 1 heterocycles. The van der Waals surface area contributed by atoms with Crippen LogP contribution in [-0.4, -0.2) is 16.1 Å². The molecule has 11 heavy (non-hydrogen) atoms. The van der Waals surface area contributed by atoms with E-state index in [1.54, 1.807) is 6.33 Å². The van der Waals surface area contributed by atoms with Gasteiger partial charge in [-0.25, -0.2) is 4.98 Å². The van der Waals surface area contributed by atoms with Crippen molar-refractivity contribution < 1.29 is 0 Å². The Morgan fingerprint density at radius 3 is 2.91 bits per heavy atom. The van der Waals surface area contributed by atoms with Gasteiger partial charge in [0.05, 0.1) is 12.0 Å². The number of aromatic nitrogens is 2. The van der Waals surface area contributed by atoms with Crippen molar-refractivity contribution in [2.45, 2.75) is 12.8 Å². The van der Waals surface area contributed by atoms with E-state index in [-0.39, 0.29) is 0 Å². The van der Waals surface area contributed by atoms with Gasteiger partial charge in [-0.15, -0.1) is 0 Å². The van der Waals surface area contributed by atoms with Gasteiger partial charge in [0.1, 0.15) is 4.60 Å². The average Bonchev–Trinajstić information content (AvgIpc) is 2.29. The van der Waals surface area contributed by atoms with Gasteiger partial charge in [0.15, 0.2) is 0 Å². The van der Waals surface area contributed by atoms with E-state index in [4.69, 9.17) is 5.73 Å². The molecule has 3 nitrogen and oxygen atoms in total. The first-order valence-electron chi connectivity index (χ1n) is 3.61. The van der Waals surface area contributed by atoms with Crippen molar-refractivity contribution in [2.75, 3.05) is 6.54 Å². The highest BCUT2D eigenvalue weighted by Crippen LogP contribution is 2.14. The van der Waals surface area contributed by atoms with Crippen LogP contribution in [-0.2, 0) is 13.5 Å². The first-order valence-corrected chi connectivity index (χ1v) is 4.40. The molecule has 0 saturated carbocycles. The molecule has 0 saturated heterocycles. The van der Waals surface area contributed by atoms with E-state index in [9.17, 15) is 0 Å². The zero-order chi connectivity index (χ0) is 8.27. The first-order chi connectivity index (χ1) is 5.25. The molecule has 0 radical (unpaired) electrons. The maximum Gasteiger partial charge on any atom is 0.127 e. The Labute approximate surface area is 74.7 Å². The number of hydrogen-bond acceptors (Lipinski definition) is 2. The van der Waals surface area contributed by atoms with Crippen LogP contribution in [0.4, 0.5) is 0 Å². The second-order valence-corrected chi connectivity index (χ2v) is 3.24. The highest BCUT2D eigenvalue weighted by molar-refractivity contribution is 9.10. The van der Waals surface area contributed by atoms with E-state index in [2.05, 4.69) is 20.9 Å². The number of nitrogens with zero attached hydrogens (tertiary/aromatic N) is 2. The molecule has 0 aliphatic rings. The minimum atomic E-state index is 0.734. The quantitative estimate of drug-likeness (QED) is 0.824. The van der Waals surface area contributed by atoms with Gasteiger partial charge in [0, 0.05) is 7.05 Å². The van der Waals surface area contributed by atoms with Gasteiger partial charge in [-0.3, -0.25) is 0 Å². The minimum absolute atomic E-state index is 0.734. The van der Waals surface area contributed by atoms with Crippen LogP contribution < -0.4 is 5.73 Å². The van der Waals surface area contributed by atoms with Crippen LogP contribution in [0.1, 0.15) is 12.1 Å². The molecule has 0 aliphatic heterocycles. The monoisotopic (exact) mass is 217 g/mol. The molecule has 0 fully saturated rings. The van der Waals surface area contributed by atoms with Gasteiger partial charge in [0.2, 0.25) is 0 Å². The molecule has 4 heteroatoms. The van der Waals surface area contributed by atoms with Crippen molar-refractivity contribution in [3.63, 3.8) is 0 Å². The fourth-order valence-corrected chi connectivity index (χ4v) is 1.55. The molecule has 0 amide bonds. The molecule has 0 atom stereocenters. The van der Waals surface area contributed by atoms with Gasteiger partial charge < -0.3 is 10.3 Å². The van der Waals surface area contributed by atoms with Gasteiger partial charge in [0.25, 0.3) is 0 Å². The van der Waals surface area contributed by atoms with Crippen molar-refractivity contribution in [3.8, 4) is 0 Å². The number of imidazole rings is 1. The number of hydrogen-bond donors (Lipinski definition) is 1. The van der Waals surface area contributed by atoms with E-state index in [1.165, 1.54) is 5.69 Å². The topological polar surface area (TPSA) is 43.8 Å². The summed E-state index contributed by atoms with van der Waals surface area (Å²) >= 11 is 3.37. The molecule has 2 N–H and O–H groups in total. The van der Waals surface area contributed by atoms with E-state index in [1.807, 2.05) is 11.6 Å². The summed E-state index contributed by atoms with van der Waals surface area (Å²) in [6.45, 7) is 0.734. The van der Waals surface area contributed by atoms with Crippen LogP contribution in [0, 0.1) is 0 Å². The minimum Gasteiger partial charge on any atom is -0.337 e. The Morgan fingerprint density at radius 2 is 2.45 bits per heavy atom. The molecule has 0 unspecified atom stereocenters. The molecule has 1 aromatic heterocycles. The van der Waals surface area contributed by atoms with Crippen molar-refractivity contribution in [2.24, 2.45) is 12.8 Å². The highest BCUT2D eigenvalue weighted by atomic mass is 79.9. The molecular formula is C7H12BrN3. The molecule has 0 bridgehead atoms. The van der Waals surface area contributed by atoms with Gasteiger partial charge >= 0.3 is 0 Å². The van der Waals surface area contributed by atoms with Crippen LogP contribution in [0.15, 0.2) is 10.9 Å². The number of halogens is 1. The van der Waals surface area contributed by atoms with Crippen LogP contribution in [0.5, 0.6) is 0 Å². The zero-order valence-electron chi connectivity index (χ0n) is 6.55. The number of aryl methyl sites for hydroxylation is 1. The van der Waals surface area contributed by atoms with Crippen molar-refractivity contribution in [1.82, 2.24) is 9.55 Å². The number of nitrogens with two attached hydrogens (primary N) is 1. The summed E-state index contributed by atoms with van der Waals surface area (Å²) in [5.41, 5.74) is 6.62. The third kappa shape index (κ3) is 2.04. The summed E-state index contributed by atoms with van der Waals surface area (Å²) in [6.07, 6.45) is 3.81. The van der Waals surface area contributed by atoms with Crippen LogP contribution in [0.3, 0.4) is 0 Å². The van der Waals surface area contributed by atoms with Gasteiger partial charge in [-0.05, 0) is 35.3 Å². The smallest absolute Gasteiger partial charge is 0.127 e. The second-order valence-electron chi connectivity index (χ2n) is 2.49. The Morgan fingerprint density at radius 1 is 1.73 bits per heavy atom. The fraction of sp³-hybridized carbons (Fsp3) is 0.571. The average molecular weight is 218 g/mol. The molecule has 0 spiro atoms. The standard InChI is InChI=1S/C7H12BrN3/c1-11-5-10-7(8)6(11)3-2-4-9/h5H,2-4,9H2,1H3. The summed E-state index contributed by atoms with van der Waals surface area (Å²) in [5, 5.41) is 0. The van der Waals surface area contributed by atoms with Crippen LogP contribution >= 0.6 is 15.9 Å². The predicted octanol–water partition coefficient (Wildman–Crippen LogP) is 1.07. The lowest BCUT2D eigenvalue weighted by Crippen LogP contribution is -2.03. The lowest BCUT2D eigenvalue weighted by Gasteiger charge is -2.00. The van der Waals surface area contributed by atoms with E-state index >= 15 is 0 Å². The maximum atomic E-state index is 5.40. The normalized spacial score (nSPS) is 10.5. The van der Waals surface area contributed by atoms with E-state index < -0.39 is 0 Å². The van der Waals surface area contributed by atoms with Gasteiger partial charge in [-0.1, -0.05) is 0 Å². The number of rotatable bonds is 3. The van der Waals surface area contributed by atoms with E-state index in [0.717, 1.165) is 24.0 Å². The molecular weight excluding hydrogens is 206 g/mol. The summed E-state index contributed by atoms with van der Waals surface area (Å²) in [7, 11) is 1.99.